The van der Waals surface area contributed by atoms with E-state index in [1.54, 1.807) is 0 Å². The van der Waals surface area contributed by atoms with Crippen LogP contribution in [0.3, 0.4) is 0 Å². The second kappa shape index (κ2) is 12.6. The molecule has 0 spiro atoms. The molecule has 1 N–H and O–H groups in total. The number of nitrogens with one attached hydrogen (secondary N) is 1. The van der Waals surface area contributed by atoms with Gasteiger partial charge in [-0.15, -0.1) is 11.3 Å². The zero-order valence-electron chi connectivity index (χ0n) is 31.9. The number of aliphatic imine (C=N–C) groups is 1. The molecular weight excluding hydrogens is 739 g/mol. The third kappa shape index (κ3) is 4.98. The highest BCUT2D eigenvalue weighted by Gasteiger charge is 2.31. The van der Waals surface area contributed by atoms with E-state index in [-0.39, 0.29) is 6.04 Å². The maximum atomic E-state index is 6.65. The minimum Gasteiger partial charge on any atom is -0.436 e. The van der Waals surface area contributed by atoms with Gasteiger partial charge in [-0.25, -0.2) is 4.99 Å². The van der Waals surface area contributed by atoms with E-state index in [1.807, 2.05) is 11.3 Å². The summed E-state index contributed by atoms with van der Waals surface area (Å²) in [6, 6.07) is 59.3. The number of aromatic nitrogens is 1. The van der Waals surface area contributed by atoms with Crippen LogP contribution in [0, 0.1) is 0 Å². The molecule has 0 amide bonds. The van der Waals surface area contributed by atoms with Crippen LogP contribution in [0.2, 0.25) is 0 Å². The Labute approximate surface area is 344 Å². The predicted molar refractivity (Wildman–Crippen MR) is 249 cm³/mol. The van der Waals surface area contributed by atoms with Crippen molar-refractivity contribution < 1.29 is 4.42 Å². The number of fused-ring (bicyclic) bond motifs is 11. The second-order valence-electron chi connectivity index (χ2n) is 15.8. The molecule has 0 fully saturated rings. The molecule has 1 aliphatic heterocycles. The van der Waals surface area contributed by atoms with Gasteiger partial charge in [0.05, 0.1) is 23.0 Å². The fraction of sp³-hybridized carbons (Fsp3) is 0.0556. The molecule has 0 saturated heterocycles. The second-order valence-corrected chi connectivity index (χ2v) is 16.9. The molecule has 0 saturated carbocycles. The topological polar surface area (TPSA) is 42.5 Å². The highest BCUT2D eigenvalue weighted by atomic mass is 32.1. The van der Waals surface area contributed by atoms with E-state index >= 15 is 0 Å². The first-order valence-corrected chi connectivity index (χ1v) is 21.2. The fourth-order valence-corrected chi connectivity index (χ4v) is 10.9. The maximum Gasteiger partial charge on any atom is 0.244 e. The third-order valence-electron chi connectivity index (χ3n) is 12.5. The first-order valence-electron chi connectivity index (χ1n) is 20.4. The van der Waals surface area contributed by atoms with Crippen molar-refractivity contribution in [1.82, 2.24) is 4.57 Å². The largest absolute Gasteiger partial charge is 0.436 e. The summed E-state index contributed by atoms with van der Waals surface area (Å²) in [5.41, 5.74) is 12.3. The Hall–Kier alpha value is -7.21. The number of nitrogens with zero attached hydrogens (tertiary/aromatic N) is 2. The van der Waals surface area contributed by atoms with Crippen molar-refractivity contribution in [3.63, 3.8) is 0 Å². The van der Waals surface area contributed by atoms with Crippen LogP contribution in [0.4, 0.5) is 11.6 Å². The van der Waals surface area contributed by atoms with Crippen molar-refractivity contribution in [1.29, 1.82) is 0 Å². The lowest BCUT2D eigenvalue weighted by atomic mass is 9.90. The number of anilines is 1. The van der Waals surface area contributed by atoms with Gasteiger partial charge in [-0.1, -0.05) is 121 Å². The van der Waals surface area contributed by atoms with E-state index in [0.29, 0.717) is 5.88 Å². The van der Waals surface area contributed by atoms with Crippen LogP contribution in [0.15, 0.2) is 179 Å². The van der Waals surface area contributed by atoms with Crippen molar-refractivity contribution >= 4 is 98.3 Å². The van der Waals surface area contributed by atoms with E-state index in [9.17, 15) is 0 Å². The lowest BCUT2D eigenvalue weighted by Gasteiger charge is -2.27. The van der Waals surface area contributed by atoms with Gasteiger partial charge in [0.25, 0.3) is 0 Å². The molecule has 4 nitrogen and oxygen atoms in total. The molecule has 4 heterocycles. The van der Waals surface area contributed by atoms with Crippen LogP contribution in [0.5, 0.6) is 0 Å². The standard InChI is InChI=1S/C54H35N3OS/c1-2-12-32(13-3-1)51-52(55-53-42-24-22-36(31-48(42)58-54(53)56-51)35-23-27-50-44(29-35)40-19-9-11-21-49(40)59-50)41-25-26-46(38-17-7-6-16-37(38)41)57-45-20-10-8-18-39(45)43-28-33-14-4-5-15-34(33)30-47(43)57/h1-7,9-17,19-31,52,55H,8,18H2. The summed E-state index contributed by atoms with van der Waals surface area (Å²) in [5.74, 6) is 0.608. The lowest BCUT2D eigenvalue weighted by Crippen LogP contribution is -2.25. The van der Waals surface area contributed by atoms with Gasteiger partial charge in [0, 0.05) is 42.0 Å². The van der Waals surface area contributed by atoms with E-state index in [4.69, 9.17) is 9.41 Å². The smallest absolute Gasteiger partial charge is 0.244 e. The molecule has 8 aromatic carbocycles. The number of allylic oxidation sites excluding steroid dienone is 1. The third-order valence-corrected chi connectivity index (χ3v) is 13.7. The first kappa shape index (κ1) is 32.8. The molecule has 59 heavy (non-hydrogen) atoms. The van der Waals surface area contributed by atoms with Crippen LogP contribution >= 0.6 is 11.3 Å². The van der Waals surface area contributed by atoms with Crippen molar-refractivity contribution in [2.75, 3.05) is 5.32 Å². The van der Waals surface area contributed by atoms with Crippen LogP contribution in [0.1, 0.15) is 34.8 Å². The molecule has 13 rings (SSSR count). The molecule has 5 heteroatoms. The predicted octanol–water partition coefficient (Wildman–Crippen LogP) is 15.0. The Balaban J connectivity index is 0.964. The number of benzene rings is 8. The Morgan fingerprint density at radius 1 is 0.593 bits per heavy atom. The van der Waals surface area contributed by atoms with Gasteiger partial charge in [0.15, 0.2) is 0 Å². The summed E-state index contributed by atoms with van der Waals surface area (Å²) in [6.07, 6.45) is 6.74. The minimum absolute atomic E-state index is 0.224. The molecule has 278 valence electrons. The molecular formula is C54H35N3OS. The number of thiophene rings is 1. The van der Waals surface area contributed by atoms with Crippen LogP contribution in [0.25, 0.3) is 86.5 Å². The normalized spacial score (nSPS) is 15.0. The monoisotopic (exact) mass is 773 g/mol. The van der Waals surface area contributed by atoms with E-state index in [2.05, 4.69) is 186 Å². The highest BCUT2D eigenvalue weighted by Crippen LogP contribution is 2.47. The van der Waals surface area contributed by atoms with E-state index in [1.165, 1.54) is 80.7 Å². The molecule has 3 aromatic heterocycles. The van der Waals surface area contributed by atoms with E-state index < -0.39 is 0 Å². The van der Waals surface area contributed by atoms with Crippen molar-refractivity contribution in [2.24, 2.45) is 4.99 Å². The van der Waals surface area contributed by atoms with Gasteiger partial charge in [-0.3, -0.25) is 0 Å². The number of furan rings is 1. The zero-order valence-corrected chi connectivity index (χ0v) is 32.8. The summed E-state index contributed by atoms with van der Waals surface area (Å²) >= 11 is 1.84. The first-order chi connectivity index (χ1) is 29.2. The van der Waals surface area contributed by atoms with Crippen molar-refractivity contribution in [3.8, 4) is 16.8 Å². The summed E-state index contributed by atoms with van der Waals surface area (Å²) in [7, 11) is 0. The van der Waals surface area contributed by atoms with Gasteiger partial charge >= 0.3 is 0 Å². The lowest BCUT2D eigenvalue weighted by molar-refractivity contribution is 0.623. The van der Waals surface area contributed by atoms with Crippen molar-refractivity contribution in [2.45, 2.75) is 18.9 Å². The number of rotatable bonds is 4. The zero-order chi connectivity index (χ0) is 38.6. The number of hydrogen-bond acceptors (Lipinski definition) is 4. The molecule has 1 atom stereocenters. The maximum absolute atomic E-state index is 6.65. The molecule has 11 aromatic rings. The number of aryl methyl sites for hydroxylation is 1. The van der Waals surface area contributed by atoms with Gasteiger partial charge in [-0.2, -0.15) is 0 Å². The van der Waals surface area contributed by atoms with Crippen LogP contribution < -0.4 is 5.32 Å². The van der Waals surface area contributed by atoms with Crippen LogP contribution in [-0.4, -0.2) is 10.3 Å². The van der Waals surface area contributed by atoms with Gasteiger partial charge in [0.1, 0.15) is 11.3 Å². The van der Waals surface area contributed by atoms with Gasteiger partial charge in [-0.05, 0) is 111 Å². The molecule has 0 bridgehead atoms. The van der Waals surface area contributed by atoms with E-state index in [0.717, 1.165) is 46.3 Å². The Morgan fingerprint density at radius 3 is 2.24 bits per heavy atom. The van der Waals surface area contributed by atoms with Crippen molar-refractivity contribution in [3.05, 3.63) is 192 Å². The average molecular weight is 774 g/mol. The quantitative estimate of drug-likeness (QED) is 0.194. The molecule has 2 aliphatic rings. The highest BCUT2D eigenvalue weighted by molar-refractivity contribution is 7.25. The fourth-order valence-electron chi connectivity index (χ4n) is 9.77. The summed E-state index contributed by atoms with van der Waals surface area (Å²) < 4.78 is 11.8. The van der Waals surface area contributed by atoms with Gasteiger partial charge < -0.3 is 14.3 Å². The summed E-state index contributed by atoms with van der Waals surface area (Å²) in [6.45, 7) is 0. The molecule has 0 radical (unpaired) electrons. The SMILES string of the molecule is C1=Cc2c(c3cc4ccccc4cc3n2-c2ccc(C3Nc4c(oc5cc(-c6ccc7sc8ccccc8c7c6)ccc45)N=C3c3ccccc3)c3ccccc23)CC1. The number of hydrogen-bond donors (Lipinski definition) is 1. The molecule has 1 unspecified atom stereocenters. The Bertz CT molecular complexity index is 3600. The molecule has 1 aliphatic carbocycles. The summed E-state index contributed by atoms with van der Waals surface area (Å²) in [5, 5.41) is 13.9. The Morgan fingerprint density at radius 2 is 1.34 bits per heavy atom. The van der Waals surface area contributed by atoms with Crippen LogP contribution in [-0.2, 0) is 6.42 Å². The summed E-state index contributed by atoms with van der Waals surface area (Å²) in [4.78, 5) is 5.36. The minimum atomic E-state index is -0.224. The average Bonchev–Trinajstić information content (AvgIpc) is 3.96. The Kier molecular flexibility index (Phi) is 7.04. The van der Waals surface area contributed by atoms with Gasteiger partial charge in [0.2, 0.25) is 5.88 Å².